The number of rotatable bonds is 0. The van der Waals surface area contributed by atoms with E-state index in [0.29, 0.717) is 0 Å². The Hall–Kier alpha value is -2.26. The molecule has 0 unspecified atom stereocenters. The van der Waals surface area contributed by atoms with Crippen LogP contribution in [0.15, 0.2) is 66.8 Å². The third-order valence-corrected chi connectivity index (χ3v) is 2.91. The van der Waals surface area contributed by atoms with E-state index in [4.69, 9.17) is 0 Å². The first-order valence-corrected chi connectivity index (χ1v) is 5.78. The molecule has 0 bridgehead atoms. The summed E-state index contributed by atoms with van der Waals surface area (Å²) in [6, 6.07) is 14.6. The van der Waals surface area contributed by atoms with Crippen molar-refractivity contribution in [3.63, 3.8) is 0 Å². The molecule has 1 aliphatic rings. The zero-order valence-corrected chi connectivity index (χ0v) is 9.43. The molecule has 0 aromatic heterocycles. The molecule has 0 saturated carbocycles. The van der Waals surface area contributed by atoms with Gasteiger partial charge in [-0.25, -0.2) is 0 Å². The van der Waals surface area contributed by atoms with Crippen LogP contribution in [-0.2, 0) is 0 Å². The number of allylic oxidation sites excluding steroid dienone is 4. The second kappa shape index (κ2) is 4.31. The minimum absolute atomic E-state index is 0.272. The van der Waals surface area contributed by atoms with Crippen LogP contribution in [0.2, 0.25) is 0 Å². The molecule has 0 aliphatic heterocycles. The Balaban J connectivity index is 2.05. The second-order valence-corrected chi connectivity index (χ2v) is 4.09. The molecule has 80 valence electrons. The first-order valence-electron chi connectivity index (χ1n) is 5.78. The van der Waals surface area contributed by atoms with Gasteiger partial charge in [-0.05, 0) is 16.8 Å². The van der Waals surface area contributed by atoms with E-state index >= 15 is 0 Å². The van der Waals surface area contributed by atoms with Crippen LogP contribution in [0.3, 0.4) is 0 Å². The Kier molecular flexibility index (Phi) is 2.52. The van der Waals surface area contributed by atoms with Crippen LogP contribution in [-0.4, -0.2) is 0 Å². The normalized spacial score (nSPS) is 13.9. The Morgan fingerprint density at radius 1 is 0.824 bits per heavy atom. The number of hydrogen-bond acceptors (Lipinski definition) is 0. The van der Waals surface area contributed by atoms with Crippen LogP contribution >= 0.6 is 0 Å². The summed E-state index contributed by atoms with van der Waals surface area (Å²) in [7, 11) is 0. The molecule has 0 amide bonds. The zero-order chi connectivity index (χ0) is 11.5. The molecule has 0 atom stereocenters. The third kappa shape index (κ3) is 2.00. The smallest absolute Gasteiger partial charge is 0.0573 e. The van der Waals surface area contributed by atoms with Crippen molar-refractivity contribution < 1.29 is 0 Å². The van der Waals surface area contributed by atoms with Crippen molar-refractivity contribution in [3.8, 4) is 11.8 Å². The van der Waals surface area contributed by atoms with Crippen molar-refractivity contribution in [3.05, 3.63) is 72.3 Å². The fourth-order valence-corrected chi connectivity index (χ4v) is 2.02. The average molecular weight is 216 g/mol. The van der Waals surface area contributed by atoms with Gasteiger partial charge < -0.3 is 0 Å². The first-order chi connectivity index (χ1) is 8.43. The van der Waals surface area contributed by atoms with Crippen molar-refractivity contribution in [1.29, 1.82) is 0 Å². The van der Waals surface area contributed by atoms with E-state index in [0.717, 1.165) is 5.56 Å². The maximum atomic E-state index is 3.28. The van der Waals surface area contributed by atoms with Gasteiger partial charge >= 0.3 is 0 Å². The lowest BCUT2D eigenvalue weighted by molar-refractivity contribution is 1.15. The lowest BCUT2D eigenvalue weighted by Crippen LogP contribution is -1.83. The molecule has 0 fully saturated rings. The summed E-state index contributed by atoms with van der Waals surface area (Å²) in [4.78, 5) is 0. The molecule has 0 radical (unpaired) electrons. The SMILES string of the molecule is C(#CC1C=CC=C1)c1cccc2ccccc12. The van der Waals surface area contributed by atoms with Gasteiger partial charge in [0.25, 0.3) is 0 Å². The molecular formula is C17H12. The summed E-state index contributed by atoms with van der Waals surface area (Å²) in [5.74, 6) is 6.82. The summed E-state index contributed by atoms with van der Waals surface area (Å²) in [5, 5.41) is 2.48. The molecular weight excluding hydrogens is 204 g/mol. The number of fused-ring (bicyclic) bond motifs is 1. The van der Waals surface area contributed by atoms with Gasteiger partial charge in [0.05, 0.1) is 5.92 Å². The zero-order valence-electron chi connectivity index (χ0n) is 9.43. The van der Waals surface area contributed by atoms with Gasteiger partial charge in [0, 0.05) is 5.56 Å². The van der Waals surface area contributed by atoms with E-state index in [1.165, 1.54) is 10.8 Å². The second-order valence-electron chi connectivity index (χ2n) is 4.09. The Morgan fingerprint density at radius 3 is 2.47 bits per heavy atom. The van der Waals surface area contributed by atoms with Crippen molar-refractivity contribution in [2.24, 2.45) is 5.92 Å². The lowest BCUT2D eigenvalue weighted by Gasteiger charge is -1.99. The van der Waals surface area contributed by atoms with E-state index < -0.39 is 0 Å². The van der Waals surface area contributed by atoms with E-state index in [1.807, 2.05) is 12.2 Å². The van der Waals surface area contributed by atoms with Crippen LogP contribution in [0, 0.1) is 17.8 Å². The molecule has 0 nitrogen and oxygen atoms in total. The van der Waals surface area contributed by atoms with E-state index in [2.05, 4.69) is 66.5 Å². The highest BCUT2D eigenvalue weighted by atomic mass is 14.0. The average Bonchev–Trinajstić information content (AvgIpc) is 2.89. The number of hydrogen-bond donors (Lipinski definition) is 0. The molecule has 0 saturated heterocycles. The van der Waals surface area contributed by atoms with Gasteiger partial charge in [0.2, 0.25) is 0 Å². The Labute approximate surface area is 101 Å². The van der Waals surface area contributed by atoms with Gasteiger partial charge in [-0.15, -0.1) is 0 Å². The Morgan fingerprint density at radius 2 is 1.59 bits per heavy atom. The number of benzene rings is 2. The fraction of sp³-hybridized carbons (Fsp3) is 0.0588. The van der Waals surface area contributed by atoms with E-state index in [1.54, 1.807) is 0 Å². The highest BCUT2D eigenvalue weighted by molar-refractivity contribution is 5.88. The largest absolute Gasteiger partial charge is 0.0861 e. The van der Waals surface area contributed by atoms with Crippen LogP contribution in [0.1, 0.15) is 5.56 Å². The monoisotopic (exact) mass is 216 g/mol. The summed E-state index contributed by atoms with van der Waals surface area (Å²) in [6.45, 7) is 0. The quantitative estimate of drug-likeness (QED) is 0.585. The van der Waals surface area contributed by atoms with E-state index in [9.17, 15) is 0 Å². The molecule has 0 spiro atoms. The molecule has 2 aromatic rings. The van der Waals surface area contributed by atoms with Crippen LogP contribution < -0.4 is 0 Å². The minimum atomic E-state index is 0.272. The molecule has 17 heavy (non-hydrogen) atoms. The van der Waals surface area contributed by atoms with Crippen molar-refractivity contribution in [2.45, 2.75) is 0 Å². The van der Waals surface area contributed by atoms with Crippen LogP contribution in [0.4, 0.5) is 0 Å². The van der Waals surface area contributed by atoms with Gasteiger partial charge in [0.15, 0.2) is 0 Å². The molecule has 3 rings (SSSR count). The maximum Gasteiger partial charge on any atom is 0.0573 e. The predicted molar refractivity (Wildman–Crippen MR) is 72.6 cm³/mol. The predicted octanol–water partition coefficient (Wildman–Crippen LogP) is 3.93. The summed E-state index contributed by atoms with van der Waals surface area (Å²) >= 11 is 0. The topological polar surface area (TPSA) is 0 Å². The molecule has 0 heterocycles. The molecule has 0 heteroatoms. The maximum absolute atomic E-state index is 3.28. The third-order valence-electron chi connectivity index (χ3n) is 2.91. The van der Waals surface area contributed by atoms with Crippen molar-refractivity contribution >= 4 is 10.8 Å². The van der Waals surface area contributed by atoms with Crippen LogP contribution in [0.5, 0.6) is 0 Å². The van der Waals surface area contributed by atoms with E-state index in [-0.39, 0.29) is 5.92 Å². The van der Waals surface area contributed by atoms with Crippen LogP contribution in [0.25, 0.3) is 10.8 Å². The van der Waals surface area contributed by atoms with Gasteiger partial charge in [-0.2, -0.15) is 0 Å². The minimum Gasteiger partial charge on any atom is -0.0861 e. The molecule has 1 aliphatic carbocycles. The summed E-state index contributed by atoms with van der Waals surface area (Å²) in [6.07, 6.45) is 8.31. The summed E-state index contributed by atoms with van der Waals surface area (Å²) in [5.41, 5.74) is 1.11. The first kappa shape index (κ1) is 9.93. The van der Waals surface area contributed by atoms with Crippen molar-refractivity contribution in [2.75, 3.05) is 0 Å². The van der Waals surface area contributed by atoms with Crippen molar-refractivity contribution in [1.82, 2.24) is 0 Å². The highest BCUT2D eigenvalue weighted by Crippen LogP contribution is 2.17. The fourth-order valence-electron chi connectivity index (χ4n) is 2.02. The molecule has 2 aromatic carbocycles. The standard InChI is InChI=1S/C17H12/c1-2-7-14(6-1)12-13-16-10-5-9-15-8-3-4-11-17(15)16/h1-11,14H. The van der Waals surface area contributed by atoms with Gasteiger partial charge in [-0.1, -0.05) is 72.5 Å². The van der Waals surface area contributed by atoms with Gasteiger partial charge in [-0.3, -0.25) is 0 Å². The Bertz CT molecular complexity index is 646. The summed E-state index contributed by atoms with van der Waals surface area (Å²) < 4.78 is 0. The van der Waals surface area contributed by atoms with Gasteiger partial charge in [0.1, 0.15) is 0 Å². The lowest BCUT2D eigenvalue weighted by atomic mass is 10.0. The highest BCUT2D eigenvalue weighted by Gasteiger charge is 1.99. The molecule has 0 N–H and O–H groups in total.